The largest absolute Gasteiger partial charge is 0.368 e. The van der Waals surface area contributed by atoms with Crippen LogP contribution in [0, 0.1) is 13.8 Å². The van der Waals surface area contributed by atoms with Gasteiger partial charge in [-0.25, -0.2) is 13.8 Å². The van der Waals surface area contributed by atoms with Crippen LogP contribution in [0.2, 0.25) is 0 Å². The highest BCUT2D eigenvalue weighted by Crippen LogP contribution is 2.21. The third-order valence-electron chi connectivity index (χ3n) is 5.65. The van der Waals surface area contributed by atoms with E-state index in [4.69, 9.17) is 4.52 Å². The maximum absolute atomic E-state index is 12.7. The number of hydrogen-bond donors (Lipinski definition) is 0. The molecule has 164 valence electrons. The van der Waals surface area contributed by atoms with Gasteiger partial charge >= 0.3 is 0 Å². The molecule has 1 amide bonds. The van der Waals surface area contributed by atoms with Crippen LogP contribution in [0.25, 0.3) is 10.9 Å². The Morgan fingerprint density at radius 1 is 1.19 bits per heavy atom. The van der Waals surface area contributed by atoms with Gasteiger partial charge in [0.05, 0.1) is 35.9 Å². The van der Waals surface area contributed by atoms with Gasteiger partial charge in [-0.2, -0.15) is 0 Å². The first-order valence-electron chi connectivity index (χ1n) is 10.1. The van der Waals surface area contributed by atoms with Gasteiger partial charge in [-0.1, -0.05) is 5.16 Å². The van der Waals surface area contributed by atoms with Crippen LogP contribution in [-0.4, -0.2) is 58.1 Å². The zero-order valence-electron chi connectivity index (χ0n) is 17.3. The number of carbonyl (C=O) groups is 1. The molecule has 31 heavy (non-hydrogen) atoms. The van der Waals surface area contributed by atoms with E-state index in [-0.39, 0.29) is 12.3 Å². The molecule has 0 N–H and O–H groups in total. The SMILES string of the molecule is Cc1noc(C)c1CC(=O)N1CCN(c2ccc3c(=O)n(CC(F)F)cnc3c2)CC1. The van der Waals surface area contributed by atoms with E-state index >= 15 is 0 Å². The lowest BCUT2D eigenvalue weighted by Crippen LogP contribution is -2.49. The Morgan fingerprint density at radius 3 is 2.58 bits per heavy atom. The summed E-state index contributed by atoms with van der Waals surface area (Å²) in [6.07, 6.45) is -1.19. The Bertz CT molecular complexity index is 1150. The van der Waals surface area contributed by atoms with Crippen molar-refractivity contribution in [2.75, 3.05) is 31.1 Å². The topological polar surface area (TPSA) is 84.5 Å². The molecule has 2 aromatic heterocycles. The Morgan fingerprint density at radius 2 is 1.94 bits per heavy atom. The van der Waals surface area contributed by atoms with Gasteiger partial charge in [0.25, 0.3) is 12.0 Å². The monoisotopic (exact) mass is 431 g/mol. The standard InChI is InChI=1S/C21H23F2N5O3/c1-13-17(14(2)31-25-13)10-20(29)27-7-5-26(6-8-27)15-3-4-16-18(9-15)24-12-28(21(16)30)11-19(22)23/h3-4,9,12,19H,5-8,10-11H2,1-2H3. The van der Waals surface area contributed by atoms with Crippen LogP contribution < -0.4 is 10.5 Å². The molecule has 1 aromatic carbocycles. The lowest BCUT2D eigenvalue weighted by molar-refractivity contribution is -0.130. The van der Waals surface area contributed by atoms with Crippen LogP contribution in [0.15, 0.2) is 33.8 Å². The predicted molar refractivity (Wildman–Crippen MR) is 110 cm³/mol. The van der Waals surface area contributed by atoms with Crippen molar-refractivity contribution in [1.29, 1.82) is 0 Å². The summed E-state index contributed by atoms with van der Waals surface area (Å²) >= 11 is 0. The molecule has 0 atom stereocenters. The number of alkyl halides is 2. The third-order valence-corrected chi connectivity index (χ3v) is 5.65. The average Bonchev–Trinajstić information content (AvgIpc) is 3.07. The first-order valence-corrected chi connectivity index (χ1v) is 10.1. The quantitative estimate of drug-likeness (QED) is 0.616. The predicted octanol–water partition coefficient (Wildman–Crippen LogP) is 2.16. The minimum absolute atomic E-state index is 0.0359. The first kappa shape index (κ1) is 21.0. The van der Waals surface area contributed by atoms with Crippen LogP contribution in [0.1, 0.15) is 17.0 Å². The second kappa shape index (κ2) is 8.44. The van der Waals surface area contributed by atoms with Crippen LogP contribution in [0.5, 0.6) is 0 Å². The molecule has 0 spiro atoms. The van der Waals surface area contributed by atoms with Crippen molar-refractivity contribution in [2.24, 2.45) is 0 Å². The van der Waals surface area contributed by atoms with Crippen molar-refractivity contribution in [2.45, 2.75) is 33.2 Å². The van der Waals surface area contributed by atoms with Crippen molar-refractivity contribution in [3.05, 3.63) is 51.9 Å². The summed E-state index contributed by atoms with van der Waals surface area (Å²) < 4.78 is 31.3. The second-order valence-corrected chi connectivity index (χ2v) is 7.64. The minimum atomic E-state index is -2.62. The molecule has 1 fully saturated rings. The fourth-order valence-electron chi connectivity index (χ4n) is 3.85. The van der Waals surface area contributed by atoms with Gasteiger partial charge in [-0.15, -0.1) is 0 Å². The Hall–Kier alpha value is -3.30. The number of aryl methyl sites for hydroxylation is 2. The highest BCUT2D eigenvalue weighted by molar-refractivity contribution is 5.82. The van der Waals surface area contributed by atoms with Gasteiger partial charge in [-0.05, 0) is 32.0 Å². The van der Waals surface area contributed by atoms with Crippen LogP contribution in [0.3, 0.4) is 0 Å². The maximum atomic E-state index is 12.7. The molecule has 1 saturated heterocycles. The summed E-state index contributed by atoms with van der Waals surface area (Å²) in [6.45, 7) is 5.38. The van der Waals surface area contributed by atoms with Gasteiger partial charge in [-0.3, -0.25) is 14.2 Å². The second-order valence-electron chi connectivity index (χ2n) is 7.64. The highest BCUT2D eigenvalue weighted by Gasteiger charge is 2.24. The molecule has 0 unspecified atom stereocenters. The van der Waals surface area contributed by atoms with E-state index < -0.39 is 18.5 Å². The number of halogens is 2. The summed E-state index contributed by atoms with van der Waals surface area (Å²) in [7, 11) is 0. The van der Waals surface area contributed by atoms with E-state index in [2.05, 4.69) is 15.0 Å². The molecule has 0 saturated carbocycles. The summed E-state index contributed by atoms with van der Waals surface area (Å²) in [4.78, 5) is 33.2. The average molecular weight is 431 g/mol. The van der Waals surface area contributed by atoms with Crippen molar-refractivity contribution in [3.63, 3.8) is 0 Å². The van der Waals surface area contributed by atoms with Crippen LogP contribution in [-0.2, 0) is 17.8 Å². The summed E-state index contributed by atoms with van der Waals surface area (Å²) in [6, 6.07) is 5.20. The molecular weight excluding hydrogens is 408 g/mol. The Kier molecular flexibility index (Phi) is 5.71. The summed E-state index contributed by atoms with van der Waals surface area (Å²) in [5, 5.41) is 4.20. The number of piperazine rings is 1. The number of carbonyl (C=O) groups excluding carboxylic acids is 1. The Balaban J connectivity index is 1.43. The van der Waals surface area contributed by atoms with Gasteiger partial charge in [0.1, 0.15) is 5.76 Å². The molecule has 3 heterocycles. The van der Waals surface area contributed by atoms with E-state index in [1.165, 1.54) is 0 Å². The fourth-order valence-corrected chi connectivity index (χ4v) is 3.85. The van der Waals surface area contributed by atoms with Crippen molar-refractivity contribution in [3.8, 4) is 0 Å². The molecule has 1 aliphatic rings. The zero-order valence-corrected chi connectivity index (χ0v) is 17.3. The smallest absolute Gasteiger partial charge is 0.261 e. The van der Waals surface area contributed by atoms with Crippen LogP contribution >= 0.6 is 0 Å². The number of amides is 1. The number of aromatic nitrogens is 3. The Labute approximate surface area is 177 Å². The number of anilines is 1. The normalized spacial score (nSPS) is 14.6. The van der Waals surface area contributed by atoms with Crippen molar-refractivity contribution in [1.82, 2.24) is 19.6 Å². The molecule has 0 aliphatic carbocycles. The van der Waals surface area contributed by atoms with E-state index in [0.717, 1.165) is 27.8 Å². The van der Waals surface area contributed by atoms with E-state index in [0.29, 0.717) is 42.8 Å². The molecule has 8 nitrogen and oxygen atoms in total. The van der Waals surface area contributed by atoms with Gasteiger partial charge in [0.2, 0.25) is 5.91 Å². The molecule has 10 heteroatoms. The van der Waals surface area contributed by atoms with Crippen LogP contribution in [0.4, 0.5) is 14.5 Å². The number of rotatable bonds is 5. The fraction of sp³-hybridized carbons (Fsp3) is 0.429. The summed E-state index contributed by atoms with van der Waals surface area (Å²) in [5.74, 6) is 0.703. The van der Waals surface area contributed by atoms with Crippen molar-refractivity contribution >= 4 is 22.5 Å². The van der Waals surface area contributed by atoms with Crippen molar-refractivity contribution < 1.29 is 18.1 Å². The summed E-state index contributed by atoms with van der Waals surface area (Å²) in [5.41, 5.74) is 2.44. The lowest BCUT2D eigenvalue weighted by atomic mass is 10.1. The number of benzene rings is 1. The molecule has 3 aromatic rings. The molecular formula is C21H23F2N5O3. The van der Waals surface area contributed by atoms with E-state index in [9.17, 15) is 18.4 Å². The molecule has 1 aliphatic heterocycles. The number of nitrogens with zero attached hydrogens (tertiary/aromatic N) is 5. The van der Waals surface area contributed by atoms with E-state index in [1.54, 1.807) is 25.1 Å². The maximum Gasteiger partial charge on any atom is 0.261 e. The first-order chi connectivity index (χ1) is 14.8. The molecule has 4 rings (SSSR count). The lowest BCUT2D eigenvalue weighted by Gasteiger charge is -2.36. The zero-order chi connectivity index (χ0) is 22.1. The van der Waals surface area contributed by atoms with Gasteiger partial charge in [0, 0.05) is 37.4 Å². The van der Waals surface area contributed by atoms with Gasteiger partial charge < -0.3 is 14.3 Å². The number of hydrogen-bond acceptors (Lipinski definition) is 6. The molecule has 0 bridgehead atoms. The third kappa shape index (κ3) is 4.28. The van der Waals surface area contributed by atoms with Gasteiger partial charge in [0.15, 0.2) is 0 Å². The highest BCUT2D eigenvalue weighted by atomic mass is 19.3. The molecule has 0 radical (unpaired) electrons. The van der Waals surface area contributed by atoms with E-state index in [1.807, 2.05) is 11.8 Å². The minimum Gasteiger partial charge on any atom is -0.368 e. The number of fused-ring (bicyclic) bond motifs is 1.